The molecule has 104 valence electrons. The summed E-state index contributed by atoms with van der Waals surface area (Å²) >= 11 is 0. The highest BCUT2D eigenvalue weighted by atomic mass is 16.5. The Morgan fingerprint density at radius 1 is 1.33 bits per heavy atom. The average Bonchev–Trinajstić information content (AvgIpc) is 2.39. The van der Waals surface area contributed by atoms with Crippen LogP contribution in [0.2, 0.25) is 0 Å². The van der Waals surface area contributed by atoms with E-state index in [1.165, 1.54) is 0 Å². The summed E-state index contributed by atoms with van der Waals surface area (Å²) in [6.07, 6.45) is 1.71. The van der Waals surface area contributed by atoms with Crippen LogP contribution in [-0.2, 0) is 9.53 Å². The number of carbonyl (C=O) groups excluding carboxylic acids is 1. The fourth-order valence-corrected chi connectivity index (χ4v) is 2.16. The molecular formula is C13H25N3O2. The molecule has 0 saturated carbocycles. The number of likely N-dealkylation sites (tertiary alicyclic amines) is 1. The molecule has 5 nitrogen and oxygen atoms in total. The van der Waals surface area contributed by atoms with E-state index >= 15 is 0 Å². The van der Waals surface area contributed by atoms with Crippen molar-refractivity contribution in [1.82, 2.24) is 10.2 Å². The summed E-state index contributed by atoms with van der Waals surface area (Å²) in [5.41, 5.74) is 0. The first-order chi connectivity index (χ1) is 8.72. The molecule has 1 saturated heterocycles. The summed E-state index contributed by atoms with van der Waals surface area (Å²) in [5, 5.41) is 3.28. The van der Waals surface area contributed by atoms with E-state index in [0.29, 0.717) is 6.61 Å². The van der Waals surface area contributed by atoms with Gasteiger partial charge < -0.3 is 15.0 Å². The van der Waals surface area contributed by atoms with E-state index < -0.39 is 0 Å². The van der Waals surface area contributed by atoms with Gasteiger partial charge in [0.05, 0.1) is 12.5 Å². The third kappa shape index (κ3) is 4.20. The molecule has 1 heterocycles. The predicted octanol–water partition coefficient (Wildman–Crippen LogP) is 1.25. The molecule has 1 aliphatic heterocycles. The third-order valence-electron chi connectivity index (χ3n) is 3.06. The van der Waals surface area contributed by atoms with Crippen LogP contribution in [0.4, 0.5) is 0 Å². The van der Waals surface area contributed by atoms with E-state index in [-0.39, 0.29) is 11.9 Å². The van der Waals surface area contributed by atoms with Gasteiger partial charge in [0.2, 0.25) is 0 Å². The third-order valence-corrected chi connectivity index (χ3v) is 3.06. The molecule has 1 rings (SSSR count). The molecule has 5 heteroatoms. The predicted molar refractivity (Wildman–Crippen MR) is 72.6 cm³/mol. The van der Waals surface area contributed by atoms with E-state index in [1.54, 1.807) is 0 Å². The molecule has 0 unspecified atom stereocenters. The van der Waals surface area contributed by atoms with Crippen LogP contribution in [0, 0.1) is 5.92 Å². The highest BCUT2D eigenvalue weighted by Gasteiger charge is 2.27. The number of piperidine rings is 1. The summed E-state index contributed by atoms with van der Waals surface area (Å²) in [5.74, 6) is 0.975. The smallest absolute Gasteiger partial charge is 0.309 e. The number of esters is 1. The van der Waals surface area contributed by atoms with Crippen molar-refractivity contribution >= 4 is 11.9 Å². The maximum absolute atomic E-state index is 11.6. The molecule has 0 aromatic carbocycles. The summed E-state index contributed by atoms with van der Waals surface area (Å²) in [7, 11) is 0. The molecule has 1 aliphatic rings. The zero-order valence-corrected chi connectivity index (χ0v) is 11.7. The van der Waals surface area contributed by atoms with Gasteiger partial charge in [-0.25, -0.2) is 0 Å². The van der Waals surface area contributed by atoms with Gasteiger partial charge in [-0.3, -0.25) is 9.79 Å². The summed E-state index contributed by atoms with van der Waals surface area (Å²) in [4.78, 5) is 18.3. The highest BCUT2D eigenvalue weighted by molar-refractivity contribution is 5.80. The lowest BCUT2D eigenvalue weighted by atomic mass is 9.97. The zero-order valence-electron chi connectivity index (χ0n) is 11.7. The van der Waals surface area contributed by atoms with Gasteiger partial charge in [0.25, 0.3) is 0 Å². The van der Waals surface area contributed by atoms with E-state index in [1.807, 2.05) is 13.8 Å². The lowest BCUT2D eigenvalue weighted by Gasteiger charge is -2.33. The molecule has 0 radical (unpaired) electrons. The number of hydrogen-bond donors (Lipinski definition) is 1. The number of aliphatic imine (C=N–C) groups is 1. The number of hydrogen-bond acceptors (Lipinski definition) is 3. The topological polar surface area (TPSA) is 53.9 Å². The molecule has 0 atom stereocenters. The normalized spacial score (nSPS) is 17.7. The van der Waals surface area contributed by atoms with E-state index in [2.05, 4.69) is 22.1 Å². The average molecular weight is 255 g/mol. The molecule has 0 aromatic heterocycles. The number of rotatable bonds is 4. The van der Waals surface area contributed by atoms with Crippen molar-refractivity contribution in [2.24, 2.45) is 10.9 Å². The molecule has 0 bridgehead atoms. The standard InChI is InChI=1S/C13H25N3O2/c1-4-14-13(15-5-2)16-9-7-11(8-10-16)12(17)18-6-3/h11H,4-10H2,1-3H3,(H,14,15). The molecular weight excluding hydrogens is 230 g/mol. The SMILES string of the molecule is CCN=C(NCC)N1CCC(C(=O)OCC)CC1. The van der Waals surface area contributed by atoms with Crippen LogP contribution in [0.25, 0.3) is 0 Å². The zero-order chi connectivity index (χ0) is 13.4. The Bertz CT molecular complexity index is 284. The largest absolute Gasteiger partial charge is 0.466 e. The fraction of sp³-hybridized carbons (Fsp3) is 0.846. The summed E-state index contributed by atoms with van der Waals surface area (Å²) in [6, 6.07) is 0. The second kappa shape index (κ2) is 7.95. The highest BCUT2D eigenvalue weighted by Crippen LogP contribution is 2.18. The van der Waals surface area contributed by atoms with Gasteiger partial charge in [-0.2, -0.15) is 0 Å². The van der Waals surface area contributed by atoms with Gasteiger partial charge >= 0.3 is 5.97 Å². The first-order valence-corrected chi connectivity index (χ1v) is 6.92. The van der Waals surface area contributed by atoms with Crippen LogP contribution in [0.5, 0.6) is 0 Å². The fourth-order valence-electron chi connectivity index (χ4n) is 2.16. The van der Waals surface area contributed by atoms with Crippen molar-refractivity contribution in [3.05, 3.63) is 0 Å². The quantitative estimate of drug-likeness (QED) is 0.466. The van der Waals surface area contributed by atoms with E-state index in [9.17, 15) is 4.79 Å². The van der Waals surface area contributed by atoms with Gasteiger partial charge in [0.1, 0.15) is 0 Å². The molecule has 0 aliphatic carbocycles. The minimum Gasteiger partial charge on any atom is -0.466 e. The first kappa shape index (κ1) is 14.8. The number of guanidine groups is 1. The number of ether oxygens (including phenoxy) is 1. The van der Waals surface area contributed by atoms with Crippen molar-refractivity contribution in [1.29, 1.82) is 0 Å². The number of carbonyl (C=O) groups is 1. The van der Waals surface area contributed by atoms with Crippen LogP contribution in [0.3, 0.4) is 0 Å². The minimum absolute atomic E-state index is 0.0467. The molecule has 0 spiro atoms. The Balaban J connectivity index is 2.46. The number of nitrogens with one attached hydrogen (secondary N) is 1. The Kier molecular flexibility index (Phi) is 6.54. The second-order valence-corrected chi connectivity index (χ2v) is 4.34. The van der Waals surface area contributed by atoms with E-state index in [4.69, 9.17) is 4.74 Å². The van der Waals surface area contributed by atoms with Crippen LogP contribution >= 0.6 is 0 Å². The second-order valence-electron chi connectivity index (χ2n) is 4.34. The van der Waals surface area contributed by atoms with Crippen LogP contribution < -0.4 is 5.32 Å². The molecule has 18 heavy (non-hydrogen) atoms. The molecule has 0 amide bonds. The first-order valence-electron chi connectivity index (χ1n) is 6.92. The van der Waals surface area contributed by atoms with Gasteiger partial charge in [-0.05, 0) is 33.6 Å². The Morgan fingerprint density at radius 3 is 2.50 bits per heavy atom. The Hall–Kier alpha value is -1.26. The van der Waals surface area contributed by atoms with Gasteiger partial charge in [0.15, 0.2) is 5.96 Å². The van der Waals surface area contributed by atoms with Crippen LogP contribution in [-0.4, -0.2) is 49.6 Å². The van der Waals surface area contributed by atoms with Crippen molar-refractivity contribution in [3.8, 4) is 0 Å². The molecule has 1 fully saturated rings. The van der Waals surface area contributed by atoms with Crippen molar-refractivity contribution in [3.63, 3.8) is 0 Å². The van der Waals surface area contributed by atoms with Crippen molar-refractivity contribution < 1.29 is 9.53 Å². The molecule has 0 aromatic rings. The Labute approximate surface area is 110 Å². The van der Waals surface area contributed by atoms with E-state index in [0.717, 1.165) is 45.0 Å². The lowest BCUT2D eigenvalue weighted by Crippen LogP contribution is -2.46. The summed E-state index contributed by atoms with van der Waals surface area (Å²) < 4.78 is 5.07. The van der Waals surface area contributed by atoms with Gasteiger partial charge in [-0.15, -0.1) is 0 Å². The van der Waals surface area contributed by atoms with Crippen molar-refractivity contribution in [2.45, 2.75) is 33.6 Å². The minimum atomic E-state index is -0.0467. The van der Waals surface area contributed by atoms with Crippen LogP contribution in [0.1, 0.15) is 33.6 Å². The van der Waals surface area contributed by atoms with Crippen LogP contribution in [0.15, 0.2) is 4.99 Å². The maximum Gasteiger partial charge on any atom is 0.309 e. The lowest BCUT2D eigenvalue weighted by molar-refractivity contribution is -0.149. The number of nitrogens with zero attached hydrogens (tertiary/aromatic N) is 2. The molecule has 1 N–H and O–H groups in total. The van der Waals surface area contributed by atoms with Gasteiger partial charge in [0, 0.05) is 26.2 Å². The van der Waals surface area contributed by atoms with Gasteiger partial charge in [-0.1, -0.05) is 0 Å². The maximum atomic E-state index is 11.6. The monoisotopic (exact) mass is 255 g/mol. The Morgan fingerprint density at radius 2 is 2.00 bits per heavy atom. The van der Waals surface area contributed by atoms with Crippen molar-refractivity contribution in [2.75, 3.05) is 32.8 Å². The summed E-state index contributed by atoms with van der Waals surface area (Å²) in [6.45, 7) is 9.81.